The van der Waals surface area contributed by atoms with Gasteiger partial charge in [0.15, 0.2) is 16.6 Å². The van der Waals surface area contributed by atoms with Gasteiger partial charge in [-0.2, -0.15) is 0 Å². The molecule has 0 fully saturated rings. The van der Waals surface area contributed by atoms with Crippen molar-refractivity contribution in [3.63, 3.8) is 0 Å². The number of nitrogens with zero attached hydrogens (tertiary/aromatic N) is 1. The van der Waals surface area contributed by atoms with E-state index in [2.05, 4.69) is 34.6 Å². The SMILES string of the molecule is CCOc1cc(C(=O)Nc2nc(-c3ccc4ccccc4c3)cs2)cc(OCC)c1OCC. The Morgan fingerprint density at radius 1 is 0.879 bits per heavy atom. The van der Waals surface area contributed by atoms with Gasteiger partial charge in [0.25, 0.3) is 5.91 Å². The van der Waals surface area contributed by atoms with Crippen molar-refractivity contribution >= 4 is 33.1 Å². The number of rotatable bonds is 9. The van der Waals surface area contributed by atoms with Crippen LogP contribution in [0.15, 0.2) is 60.0 Å². The van der Waals surface area contributed by atoms with Crippen LogP contribution in [0.25, 0.3) is 22.0 Å². The second kappa shape index (κ2) is 10.4. The normalized spacial score (nSPS) is 10.8. The van der Waals surface area contributed by atoms with E-state index in [1.54, 1.807) is 12.1 Å². The molecule has 0 aliphatic carbocycles. The lowest BCUT2D eigenvalue weighted by Gasteiger charge is -2.16. The van der Waals surface area contributed by atoms with Gasteiger partial charge in [-0.3, -0.25) is 10.1 Å². The summed E-state index contributed by atoms with van der Waals surface area (Å²) in [4.78, 5) is 17.6. The zero-order valence-corrected chi connectivity index (χ0v) is 19.7. The third-order valence-electron chi connectivity index (χ3n) is 4.94. The van der Waals surface area contributed by atoms with Gasteiger partial charge >= 0.3 is 0 Å². The fourth-order valence-corrected chi connectivity index (χ4v) is 4.22. The number of nitrogens with one attached hydrogen (secondary N) is 1. The first-order valence-electron chi connectivity index (χ1n) is 10.9. The quantitative estimate of drug-likeness (QED) is 0.311. The zero-order valence-electron chi connectivity index (χ0n) is 18.9. The van der Waals surface area contributed by atoms with Gasteiger partial charge < -0.3 is 14.2 Å². The first-order valence-corrected chi connectivity index (χ1v) is 11.8. The van der Waals surface area contributed by atoms with Crippen molar-refractivity contribution in [3.8, 4) is 28.5 Å². The van der Waals surface area contributed by atoms with Crippen LogP contribution in [0.2, 0.25) is 0 Å². The molecule has 0 atom stereocenters. The van der Waals surface area contributed by atoms with E-state index in [0.29, 0.717) is 47.8 Å². The summed E-state index contributed by atoms with van der Waals surface area (Å²) in [5.74, 6) is 1.17. The molecular weight excluding hydrogens is 436 g/mol. The molecule has 6 nitrogen and oxygen atoms in total. The van der Waals surface area contributed by atoms with E-state index in [0.717, 1.165) is 16.6 Å². The van der Waals surface area contributed by atoms with Crippen LogP contribution in [-0.2, 0) is 0 Å². The molecule has 0 saturated carbocycles. The van der Waals surface area contributed by atoms with Crippen LogP contribution < -0.4 is 19.5 Å². The molecule has 0 aliphatic rings. The fraction of sp³-hybridized carbons (Fsp3) is 0.231. The summed E-state index contributed by atoms with van der Waals surface area (Å²) in [6, 6.07) is 17.8. The number of thiazole rings is 1. The summed E-state index contributed by atoms with van der Waals surface area (Å²) in [6.45, 7) is 7.00. The van der Waals surface area contributed by atoms with Crippen LogP contribution in [-0.4, -0.2) is 30.7 Å². The number of benzene rings is 3. The predicted octanol–water partition coefficient (Wildman–Crippen LogP) is 6.41. The largest absolute Gasteiger partial charge is 0.490 e. The number of anilines is 1. The lowest BCUT2D eigenvalue weighted by molar-refractivity contribution is 0.102. The van der Waals surface area contributed by atoms with Crippen LogP contribution in [0.4, 0.5) is 5.13 Å². The van der Waals surface area contributed by atoms with Crippen molar-refractivity contribution in [3.05, 3.63) is 65.5 Å². The number of hydrogen-bond acceptors (Lipinski definition) is 6. The Hall–Kier alpha value is -3.58. The fourth-order valence-electron chi connectivity index (χ4n) is 3.50. The first kappa shape index (κ1) is 22.6. The molecule has 1 heterocycles. The molecule has 0 aliphatic heterocycles. The van der Waals surface area contributed by atoms with Crippen molar-refractivity contribution < 1.29 is 19.0 Å². The smallest absolute Gasteiger partial charge is 0.257 e. The molecular formula is C26H26N2O4S. The summed E-state index contributed by atoms with van der Waals surface area (Å²) in [6.07, 6.45) is 0. The van der Waals surface area contributed by atoms with E-state index in [1.165, 1.54) is 16.7 Å². The Morgan fingerprint density at radius 3 is 2.21 bits per heavy atom. The molecule has 0 radical (unpaired) electrons. The van der Waals surface area contributed by atoms with Gasteiger partial charge in [-0.1, -0.05) is 36.4 Å². The van der Waals surface area contributed by atoms with Gasteiger partial charge in [0, 0.05) is 16.5 Å². The van der Waals surface area contributed by atoms with Gasteiger partial charge in [0.05, 0.1) is 25.5 Å². The molecule has 170 valence electrons. The lowest BCUT2D eigenvalue weighted by Crippen LogP contribution is -2.13. The molecule has 3 aromatic carbocycles. The molecule has 0 spiro atoms. The van der Waals surface area contributed by atoms with Crippen molar-refractivity contribution in [2.24, 2.45) is 0 Å². The molecule has 4 rings (SSSR count). The summed E-state index contributed by atoms with van der Waals surface area (Å²) in [5, 5.41) is 7.68. The molecule has 4 aromatic rings. The number of fused-ring (bicyclic) bond motifs is 1. The molecule has 0 unspecified atom stereocenters. The molecule has 1 N–H and O–H groups in total. The van der Waals surface area contributed by atoms with Crippen LogP contribution in [0, 0.1) is 0 Å². The van der Waals surface area contributed by atoms with Crippen molar-refractivity contribution in [2.45, 2.75) is 20.8 Å². The van der Waals surface area contributed by atoms with Crippen LogP contribution in [0.5, 0.6) is 17.2 Å². The minimum absolute atomic E-state index is 0.292. The van der Waals surface area contributed by atoms with Crippen molar-refractivity contribution in [1.82, 2.24) is 4.98 Å². The number of carbonyl (C=O) groups excluding carboxylic acids is 1. The second-order valence-corrected chi connectivity index (χ2v) is 8.01. The van der Waals surface area contributed by atoms with Gasteiger partial charge in [0.1, 0.15) is 0 Å². The number of carbonyl (C=O) groups is 1. The highest BCUT2D eigenvalue weighted by molar-refractivity contribution is 7.14. The molecule has 7 heteroatoms. The van der Waals surface area contributed by atoms with E-state index in [-0.39, 0.29) is 5.91 Å². The Labute approximate surface area is 197 Å². The summed E-state index contributed by atoms with van der Waals surface area (Å²) >= 11 is 1.38. The number of amides is 1. The van der Waals surface area contributed by atoms with Crippen LogP contribution in [0.3, 0.4) is 0 Å². The maximum atomic E-state index is 13.0. The Balaban J connectivity index is 1.58. The monoisotopic (exact) mass is 462 g/mol. The standard InChI is InChI=1S/C26H26N2O4S/c1-4-30-22-14-20(15-23(31-5-2)24(22)32-6-3)25(29)28-26-27-21(16-33-26)19-12-11-17-9-7-8-10-18(17)13-19/h7-16H,4-6H2,1-3H3,(H,27,28,29). The van der Waals surface area contributed by atoms with Gasteiger partial charge in [0.2, 0.25) is 5.75 Å². The number of ether oxygens (including phenoxy) is 3. The highest BCUT2D eigenvalue weighted by Crippen LogP contribution is 2.39. The van der Waals surface area contributed by atoms with E-state index in [1.807, 2.05) is 44.4 Å². The maximum Gasteiger partial charge on any atom is 0.257 e. The predicted molar refractivity (Wildman–Crippen MR) is 133 cm³/mol. The molecule has 1 aromatic heterocycles. The van der Waals surface area contributed by atoms with Crippen molar-refractivity contribution in [2.75, 3.05) is 25.1 Å². The van der Waals surface area contributed by atoms with Crippen LogP contribution in [0.1, 0.15) is 31.1 Å². The topological polar surface area (TPSA) is 69.7 Å². The molecule has 0 saturated heterocycles. The third-order valence-corrected chi connectivity index (χ3v) is 5.70. The van der Waals surface area contributed by atoms with Gasteiger partial charge in [-0.15, -0.1) is 11.3 Å². The lowest BCUT2D eigenvalue weighted by atomic mass is 10.1. The third kappa shape index (κ3) is 5.09. The minimum Gasteiger partial charge on any atom is -0.490 e. The summed E-state index contributed by atoms with van der Waals surface area (Å²) in [5.41, 5.74) is 2.23. The van der Waals surface area contributed by atoms with Crippen LogP contribution >= 0.6 is 11.3 Å². The average Bonchev–Trinajstić information content (AvgIpc) is 3.29. The minimum atomic E-state index is -0.292. The number of aromatic nitrogens is 1. The average molecular weight is 463 g/mol. The van der Waals surface area contributed by atoms with E-state index >= 15 is 0 Å². The highest BCUT2D eigenvalue weighted by atomic mass is 32.1. The second-order valence-electron chi connectivity index (χ2n) is 7.15. The van der Waals surface area contributed by atoms with E-state index in [9.17, 15) is 4.79 Å². The Bertz CT molecular complexity index is 1240. The van der Waals surface area contributed by atoms with E-state index < -0.39 is 0 Å². The number of hydrogen-bond donors (Lipinski definition) is 1. The first-order chi connectivity index (χ1) is 16.1. The molecule has 0 bridgehead atoms. The van der Waals surface area contributed by atoms with Crippen molar-refractivity contribution in [1.29, 1.82) is 0 Å². The molecule has 33 heavy (non-hydrogen) atoms. The Kier molecular flexibility index (Phi) is 7.10. The zero-order chi connectivity index (χ0) is 23.2. The maximum absolute atomic E-state index is 13.0. The highest BCUT2D eigenvalue weighted by Gasteiger charge is 2.19. The molecule has 1 amide bonds. The van der Waals surface area contributed by atoms with Gasteiger partial charge in [-0.25, -0.2) is 4.98 Å². The van der Waals surface area contributed by atoms with E-state index in [4.69, 9.17) is 14.2 Å². The summed E-state index contributed by atoms with van der Waals surface area (Å²) in [7, 11) is 0. The van der Waals surface area contributed by atoms with Gasteiger partial charge in [-0.05, 0) is 49.7 Å². The summed E-state index contributed by atoms with van der Waals surface area (Å²) < 4.78 is 17.2. The Morgan fingerprint density at radius 2 is 1.55 bits per heavy atom.